The molecule has 6 rings (SSSR count). The van der Waals surface area contributed by atoms with Gasteiger partial charge >= 0.3 is 0 Å². The Kier molecular flexibility index (Phi) is 5.69. The van der Waals surface area contributed by atoms with Gasteiger partial charge in [0.2, 0.25) is 0 Å². The molecule has 2 aliphatic carbocycles. The summed E-state index contributed by atoms with van der Waals surface area (Å²) in [5.74, 6) is -0.391. The average Bonchev–Trinajstić information content (AvgIpc) is 2.94. The highest BCUT2D eigenvalue weighted by Crippen LogP contribution is 2.55. The molecular weight excluding hydrogens is 494 g/mol. The molecular formula is C32H26F2N4O. The highest BCUT2D eigenvalue weighted by atomic mass is 19.1. The summed E-state index contributed by atoms with van der Waals surface area (Å²) in [7, 11) is 0. The largest absolute Gasteiger partial charge is 0.293 e. The Bertz CT molecular complexity index is 1750. The summed E-state index contributed by atoms with van der Waals surface area (Å²) in [6, 6.07) is 17.6. The van der Waals surface area contributed by atoms with E-state index in [1.54, 1.807) is 30.3 Å². The third-order valence-electron chi connectivity index (χ3n) is 8.47. The van der Waals surface area contributed by atoms with Gasteiger partial charge in [0.25, 0.3) is 0 Å². The van der Waals surface area contributed by atoms with E-state index < -0.39 is 23.3 Å². The summed E-state index contributed by atoms with van der Waals surface area (Å²) in [4.78, 5) is 27.6. The summed E-state index contributed by atoms with van der Waals surface area (Å²) in [6.45, 7) is 5.02. The predicted octanol–water partition coefficient (Wildman–Crippen LogP) is 6.85. The number of benzene rings is 2. The number of pyridine rings is 1. The van der Waals surface area contributed by atoms with Crippen molar-refractivity contribution in [3.8, 4) is 28.7 Å². The highest BCUT2D eigenvalue weighted by molar-refractivity contribution is 6.04. The third-order valence-corrected chi connectivity index (χ3v) is 8.47. The van der Waals surface area contributed by atoms with Crippen LogP contribution in [0.1, 0.15) is 44.1 Å². The molecule has 2 atom stereocenters. The Labute approximate surface area is 225 Å². The SMILES string of the molecule is CC1(C)C(=O)C(C#N)=C[C@@]2(C)c3nc(-c4cc(CF)nc5ccccc45)nc(-c4ccccc4F)c3CC[C@H]12. The van der Waals surface area contributed by atoms with Gasteiger partial charge in [-0.2, -0.15) is 5.26 Å². The van der Waals surface area contributed by atoms with Crippen LogP contribution in [0.3, 0.4) is 0 Å². The number of nitrogens with zero attached hydrogens (tertiary/aromatic N) is 4. The maximum absolute atomic E-state index is 15.3. The van der Waals surface area contributed by atoms with Crippen LogP contribution in [-0.4, -0.2) is 20.7 Å². The fourth-order valence-electron chi connectivity index (χ4n) is 6.63. The second-order valence-electron chi connectivity index (χ2n) is 11.1. The zero-order valence-corrected chi connectivity index (χ0v) is 21.9. The molecule has 39 heavy (non-hydrogen) atoms. The first-order chi connectivity index (χ1) is 18.7. The van der Waals surface area contributed by atoms with Gasteiger partial charge in [-0.15, -0.1) is 0 Å². The molecule has 4 aromatic rings. The quantitative estimate of drug-likeness (QED) is 0.295. The van der Waals surface area contributed by atoms with E-state index in [9.17, 15) is 14.4 Å². The minimum atomic E-state index is -0.791. The van der Waals surface area contributed by atoms with Gasteiger partial charge < -0.3 is 0 Å². The molecule has 194 valence electrons. The lowest BCUT2D eigenvalue weighted by Gasteiger charge is -2.50. The third kappa shape index (κ3) is 3.69. The van der Waals surface area contributed by atoms with Crippen molar-refractivity contribution in [2.75, 3.05) is 0 Å². The Morgan fingerprint density at radius 3 is 2.51 bits per heavy atom. The summed E-state index contributed by atoms with van der Waals surface area (Å²) in [6.07, 6.45) is 2.95. The minimum absolute atomic E-state index is 0.105. The summed E-state index contributed by atoms with van der Waals surface area (Å²) >= 11 is 0. The normalized spacial score (nSPS) is 21.6. The number of hydrogen-bond donors (Lipinski definition) is 0. The molecule has 0 unspecified atom stereocenters. The number of halogens is 2. The zero-order valence-electron chi connectivity index (χ0n) is 21.9. The first-order valence-electron chi connectivity index (χ1n) is 13.0. The van der Waals surface area contributed by atoms with E-state index in [0.717, 1.165) is 10.9 Å². The van der Waals surface area contributed by atoms with Gasteiger partial charge in [-0.05, 0) is 43.0 Å². The Morgan fingerprint density at radius 1 is 1.03 bits per heavy atom. The van der Waals surface area contributed by atoms with Crippen molar-refractivity contribution in [2.45, 2.75) is 45.7 Å². The Balaban J connectivity index is 1.72. The molecule has 0 aliphatic heterocycles. The van der Waals surface area contributed by atoms with Crippen LogP contribution < -0.4 is 0 Å². The van der Waals surface area contributed by atoms with E-state index >= 15 is 4.39 Å². The molecule has 0 saturated heterocycles. The standard InChI is InChI=1S/C32H26F2N4O/c1-31(2)26-13-12-22-27(21-9-4-6-10-24(21)34)37-30(38-28(22)32(26,3)15-18(17-35)29(31)39)23-14-19(16-33)36-25-11-7-5-8-20(23)25/h4-11,14-15,26H,12-13,16H2,1-3H3/t26-,32-/m1/s1. The number of allylic oxidation sites excluding steroid dienone is 2. The van der Waals surface area contributed by atoms with Crippen molar-refractivity contribution < 1.29 is 13.6 Å². The van der Waals surface area contributed by atoms with E-state index in [1.807, 2.05) is 45.0 Å². The molecule has 2 heterocycles. The number of hydrogen-bond acceptors (Lipinski definition) is 5. The van der Waals surface area contributed by atoms with E-state index in [1.165, 1.54) is 6.07 Å². The maximum Gasteiger partial charge on any atom is 0.178 e. The fraction of sp³-hybridized carbons (Fsp3) is 0.281. The summed E-state index contributed by atoms with van der Waals surface area (Å²) in [5, 5.41) is 10.6. The Morgan fingerprint density at radius 2 is 1.77 bits per heavy atom. The van der Waals surface area contributed by atoms with Gasteiger partial charge in [-0.25, -0.2) is 23.7 Å². The first kappa shape index (κ1) is 25.0. The van der Waals surface area contributed by atoms with Crippen LogP contribution in [0.4, 0.5) is 8.78 Å². The van der Waals surface area contributed by atoms with Gasteiger partial charge in [-0.3, -0.25) is 4.79 Å². The van der Waals surface area contributed by atoms with Crippen LogP contribution in [0, 0.1) is 28.5 Å². The van der Waals surface area contributed by atoms with E-state index in [-0.39, 0.29) is 23.0 Å². The van der Waals surface area contributed by atoms with E-state index in [4.69, 9.17) is 9.97 Å². The average molecular weight is 521 g/mol. The molecule has 0 bridgehead atoms. The molecule has 0 spiro atoms. The minimum Gasteiger partial charge on any atom is -0.293 e. The number of carbonyl (C=O) groups is 1. The molecule has 2 aromatic carbocycles. The van der Waals surface area contributed by atoms with E-state index in [0.29, 0.717) is 46.7 Å². The molecule has 2 aromatic heterocycles. The van der Waals surface area contributed by atoms with Crippen molar-refractivity contribution in [2.24, 2.45) is 11.3 Å². The van der Waals surface area contributed by atoms with Crippen molar-refractivity contribution in [1.82, 2.24) is 15.0 Å². The van der Waals surface area contributed by atoms with Gasteiger partial charge in [-0.1, -0.05) is 57.2 Å². The molecule has 0 saturated carbocycles. The highest BCUT2D eigenvalue weighted by Gasteiger charge is 2.55. The topological polar surface area (TPSA) is 79.5 Å². The lowest BCUT2D eigenvalue weighted by atomic mass is 9.52. The number of carbonyl (C=O) groups excluding carboxylic acids is 1. The van der Waals surface area contributed by atoms with Gasteiger partial charge in [0.15, 0.2) is 11.6 Å². The number of nitriles is 1. The lowest BCUT2D eigenvalue weighted by Crippen LogP contribution is -2.51. The number of alkyl halides is 1. The smallest absolute Gasteiger partial charge is 0.178 e. The molecule has 0 amide bonds. The number of aromatic nitrogens is 3. The van der Waals surface area contributed by atoms with Gasteiger partial charge in [0.1, 0.15) is 18.6 Å². The second-order valence-corrected chi connectivity index (χ2v) is 11.1. The Hall–Kier alpha value is -4.31. The number of Topliss-reactive ketones (excluding diaryl/α,β-unsaturated/α-hetero) is 1. The van der Waals surface area contributed by atoms with Crippen molar-refractivity contribution in [1.29, 1.82) is 5.26 Å². The van der Waals surface area contributed by atoms with Crippen LogP contribution in [-0.2, 0) is 23.3 Å². The van der Waals surface area contributed by atoms with Gasteiger partial charge in [0, 0.05) is 32.9 Å². The molecule has 0 fully saturated rings. The molecule has 7 heteroatoms. The summed E-state index contributed by atoms with van der Waals surface area (Å²) in [5.41, 5.74) is 2.26. The van der Waals surface area contributed by atoms with Crippen LogP contribution in [0.5, 0.6) is 0 Å². The number of para-hydroxylation sites is 1. The molecule has 5 nitrogen and oxygen atoms in total. The molecule has 0 N–H and O–H groups in total. The molecule has 0 radical (unpaired) electrons. The molecule has 2 aliphatic rings. The fourth-order valence-corrected chi connectivity index (χ4v) is 6.63. The zero-order chi connectivity index (χ0) is 27.5. The monoisotopic (exact) mass is 520 g/mol. The number of rotatable bonds is 3. The number of fused-ring (bicyclic) bond motifs is 4. The van der Waals surface area contributed by atoms with E-state index in [2.05, 4.69) is 11.1 Å². The predicted molar refractivity (Wildman–Crippen MR) is 145 cm³/mol. The van der Waals surface area contributed by atoms with Crippen molar-refractivity contribution in [3.05, 3.63) is 89.0 Å². The van der Waals surface area contributed by atoms with Crippen LogP contribution in [0.25, 0.3) is 33.5 Å². The van der Waals surface area contributed by atoms with Crippen LogP contribution in [0.15, 0.2) is 66.2 Å². The number of ketones is 1. The first-order valence-corrected chi connectivity index (χ1v) is 13.0. The van der Waals surface area contributed by atoms with Crippen LogP contribution >= 0.6 is 0 Å². The van der Waals surface area contributed by atoms with Gasteiger partial charge in [0.05, 0.1) is 28.2 Å². The van der Waals surface area contributed by atoms with Crippen LogP contribution in [0.2, 0.25) is 0 Å². The van der Waals surface area contributed by atoms with Crippen molar-refractivity contribution >= 4 is 16.7 Å². The second kappa shape index (κ2) is 8.88. The lowest BCUT2D eigenvalue weighted by molar-refractivity contribution is -0.128. The maximum atomic E-state index is 15.3. The summed E-state index contributed by atoms with van der Waals surface area (Å²) < 4.78 is 29.1. The van der Waals surface area contributed by atoms with Crippen molar-refractivity contribution in [3.63, 3.8) is 0 Å².